The monoisotopic (exact) mass is 399 g/mol. The number of aromatic nitrogens is 1. The van der Waals surface area contributed by atoms with Crippen LogP contribution in [0.5, 0.6) is 0 Å². The Morgan fingerprint density at radius 2 is 2.00 bits per heavy atom. The molecule has 0 aromatic carbocycles. The minimum absolute atomic E-state index is 0. The fourth-order valence-corrected chi connectivity index (χ4v) is 2.61. The molecule has 1 aromatic heterocycles. The Bertz CT molecular complexity index is 504. The highest BCUT2D eigenvalue weighted by Crippen LogP contribution is 2.18. The average Bonchev–Trinajstić information content (AvgIpc) is 2.42. The summed E-state index contributed by atoms with van der Waals surface area (Å²) < 4.78 is 0.737. The van der Waals surface area contributed by atoms with Gasteiger partial charge in [0.1, 0.15) is 5.69 Å². The predicted molar refractivity (Wildman–Crippen MR) is 92.7 cm³/mol. The molecular weight excluding hydrogens is 381 g/mol. The molecule has 0 unspecified atom stereocenters. The van der Waals surface area contributed by atoms with Crippen LogP contribution >= 0.6 is 40.7 Å². The first kappa shape index (κ1) is 20.4. The summed E-state index contributed by atoms with van der Waals surface area (Å²) in [7, 11) is 0. The van der Waals surface area contributed by atoms with Crippen LogP contribution in [0.1, 0.15) is 25.7 Å². The number of pyridine rings is 1. The molecule has 5 nitrogen and oxygen atoms in total. The van der Waals surface area contributed by atoms with E-state index in [4.69, 9.17) is 0 Å². The Hall–Kier alpha value is -0.560. The van der Waals surface area contributed by atoms with E-state index in [0.29, 0.717) is 18.0 Å². The molecule has 21 heavy (non-hydrogen) atoms. The summed E-state index contributed by atoms with van der Waals surface area (Å²) in [5.74, 6) is 0.523. The van der Waals surface area contributed by atoms with E-state index >= 15 is 0 Å². The molecule has 0 radical (unpaired) electrons. The number of hydrogen-bond donors (Lipinski definition) is 3. The van der Waals surface area contributed by atoms with Gasteiger partial charge in [-0.25, -0.2) is 0 Å². The summed E-state index contributed by atoms with van der Waals surface area (Å²) in [6.45, 7) is 2.08. The third kappa shape index (κ3) is 6.82. The third-order valence-electron chi connectivity index (χ3n) is 3.38. The zero-order chi connectivity index (χ0) is 13.7. The van der Waals surface area contributed by atoms with Crippen molar-refractivity contribution in [2.75, 3.05) is 18.4 Å². The van der Waals surface area contributed by atoms with Crippen LogP contribution in [0, 0.1) is 5.92 Å². The van der Waals surface area contributed by atoms with Gasteiger partial charge in [-0.05, 0) is 60.3 Å². The van der Waals surface area contributed by atoms with Crippen molar-refractivity contribution < 1.29 is 4.79 Å². The number of H-pyrrole nitrogens is 1. The van der Waals surface area contributed by atoms with Gasteiger partial charge in [0.05, 0.1) is 0 Å². The first-order valence-electron chi connectivity index (χ1n) is 6.54. The molecule has 1 aliphatic heterocycles. The van der Waals surface area contributed by atoms with Gasteiger partial charge in [-0.15, -0.1) is 24.8 Å². The van der Waals surface area contributed by atoms with E-state index in [1.54, 1.807) is 12.3 Å². The minimum atomic E-state index is -0.279. The van der Waals surface area contributed by atoms with Crippen LogP contribution in [0.25, 0.3) is 0 Å². The molecule has 120 valence electrons. The van der Waals surface area contributed by atoms with Gasteiger partial charge < -0.3 is 15.6 Å². The zero-order valence-corrected chi connectivity index (χ0v) is 14.7. The standard InChI is InChI=1S/C13H18BrN3O2.2ClH/c14-10-7-11(13(19)16-8-10)17-12(18)2-1-9-3-5-15-6-4-9;;/h7-9,15H,1-6H2,(H,16,19)(H,17,18);2*1H. The second-order valence-electron chi connectivity index (χ2n) is 4.84. The molecule has 1 amide bonds. The maximum atomic E-state index is 11.8. The van der Waals surface area contributed by atoms with Crippen LogP contribution in [-0.4, -0.2) is 24.0 Å². The quantitative estimate of drug-likeness (QED) is 0.727. The first-order chi connectivity index (χ1) is 9.15. The lowest BCUT2D eigenvalue weighted by atomic mass is 9.93. The van der Waals surface area contributed by atoms with Gasteiger partial charge in [-0.2, -0.15) is 0 Å². The van der Waals surface area contributed by atoms with Crippen molar-refractivity contribution in [2.24, 2.45) is 5.92 Å². The van der Waals surface area contributed by atoms with Crippen LogP contribution in [0.15, 0.2) is 21.5 Å². The maximum absolute atomic E-state index is 11.8. The van der Waals surface area contributed by atoms with Crippen molar-refractivity contribution in [1.82, 2.24) is 10.3 Å². The lowest BCUT2D eigenvalue weighted by molar-refractivity contribution is -0.116. The van der Waals surface area contributed by atoms with Gasteiger partial charge in [0.25, 0.3) is 5.56 Å². The molecule has 1 saturated heterocycles. The number of aromatic amines is 1. The van der Waals surface area contributed by atoms with Crippen molar-refractivity contribution in [3.63, 3.8) is 0 Å². The maximum Gasteiger partial charge on any atom is 0.271 e. The second kappa shape index (κ2) is 10.2. The molecule has 3 N–H and O–H groups in total. The number of anilines is 1. The molecule has 1 fully saturated rings. The Labute approximate surface area is 144 Å². The van der Waals surface area contributed by atoms with E-state index in [1.807, 2.05) is 0 Å². The Morgan fingerprint density at radius 1 is 1.33 bits per heavy atom. The van der Waals surface area contributed by atoms with Gasteiger partial charge in [0.15, 0.2) is 0 Å². The summed E-state index contributed by atoms with van der Waals surface area (Å²) in [5.41, 5.74) is 0.0168. The van der Waals surface area contributed by atoms with Crippen LogP contribution < -0.4 is 16.2 Å². The Balaban J connectivity index is 0.00000200. The number of amides is 1. The van der Waals surface area contributed by atoms with Crippen LogP contribution in [0.2, 0.25) is 0 Å². The van der Waals surface area contributed by atoms with Gasteiger partial charge in [-0.3, -0.25) is 9.59 Å². The fraction of sp³-hybridized carbons (Fsp3) is 0.538. The SMILES string of the molecule is Cl.Cl.O=C(CCC1CCNCC1)Nc1cc(Br)c[nH]c1=O. The van der Waals surface area contributed by atoms with Crippen LogP contribution in [0.4, 0.5) is 5.69 Å². The highest BCUT2D eigenvalue weighted by atomic mass is 79.9. The molecule has 0 saturated carbocycles. The van der Waals surface area contributed by atoms with E-state index in [9.17, 15) is 9.59 Å². The molecule has 0 atom stereocenters. The Kier molecular flexibility index (Phi) is 9.94. The summed E-state index contributed by atoms with van der Waals surface area (Å²) in [6, 6.07) is 1.61. The number of halogens is 3. The number of hydrogen-bond acceptors (Lipinski definition) is 3. The fourth-order valence-electron chi connectivity index (χ4n) is 2.27. The molecule has 0 spiro atoms. The van der Waals surface area contributed by atoms with Gasteiger partial charge in [-0.1, -0.05) is 0 Å². The molecule has 0 bridgehead atoms. The number of carbonyl (C=O) groups is 1. The highest BCUT2D eigenvalue weighted by molar-refractivity contribution is 9.10. The first-order valence-corrected chi connectivity index (χ1v) is 7.33. The lowest BCUT2D eigenvalue weighted by Crippen LogP contribution is -2.28. The normalized spacial score (nSPS) is 14.7. The molecule has 8 heteroatoms. The van der Waals surface area contributed by atoms with Crippen LogP contribution in [0.3, 0.4) is 0 Å². The van der Waals surface area contributed by atoms with E-state index in [0.717, 1.165) is 36.8 Å². The topological polar surface area (TPSA) is 74.0 Å². The zero-order valence-electron chi connectivity index (χ0n) is 11.5. The number of rotatable bonds is 4. The van der Waals surface area contributed by atoms with Crippen molar-refractivity contribution in [3.05, 3.63) is 27.1 Å². The third-order valence-corrected chi connectivity index (χ3v) is 3.84. The highest BCUT2D eigenvalue weighted by Gasteiger charge is 2.15. The number of nitrogens with one attached hydrogen (secondary N) is 3. The summed E-state index contributed by atoms with van der Waals surface area (Å²) in [5, 5.41) is 5.97. The molecule has 1 aliphatic rings. The molecular formula is C13H20BrCl2N3O2. The van der Waals surface area contributed by atoms with E-state index in [2.05, 4.69) is 31.5 Å². The lowest BCUT2D eigenvalue weighted by Gasteiger charge is -2.22. The van der Waals surface area contributed by atoms with E-state index in [1.165, 1.54) is 0 Å². The van der Waals surface area contributed by atoms with Crippen molar-refractivity contribution in [3.8, 4) is 0 Å². The van der Waals surface area contributed by atoms with E-state index in [-0.39, 0.29) is 36.3 Å². The van der Waals surface area contributed by atoms with E-state index < -0.39 is 0 Å². The van der Waals surface area contributed by atoms with Crippen molar-refractivity contribution >= 4 is 52.3 Å². The van der Waals surface area contributed by atoms with Gasteiger partial charge in [0.2, 0.25) is 5.91 Å². The minimum Gasteiger partial charge on any atom is -0.326 e. The summed E-state index contributed by atoms with van der Waals surface area (Å²) >= 11 is 3.26. The molecule has 2 heterocycles. The van der Waals surface area contributed by atoms with Crippen molar-refractivity contribution in [1.29, 1.82) is 0 Å². The summed E-state index contributed by atoms with van der Waals surface area (Å²) in [4.78, 5) is 25.9. The van der Waals surface area contributed by atoms with Crippen molar-refractivity contribution in [2.45, 2.75) is 25.7 Å². The number of piperidine rings is 1. The number of carbonyl (C=O) groups excluding carboxylic acids is 1. The molecule has 2 rings (SSSR count). The van der Waals surface area contributed by atoms with Gasteiger partial charge in [0, 0.05) is 17.1 Å². The molecule has 1 aromatic rings. The molecule has 0 aliphatic carbocycles. The smallest absolute Gasteiger partial charge is 0.271 e. The largest absolute Gasteiger partial charge is 0.326 e. The van der Waals surface area contributed by atoms with Gasteiger partial charge >= 0.3 is 0 Å². The summed E-state index contributed by atoms with van der Waals surface area (Å²) in [6.07, 6.45) is 5.17. The second-order valence-corrected chi connectivity index (χ2v) is 5.76. The Morgan fingerprint density at radius 3 is 2.67 bits per heavy atom. The van der Waals surface area contributed by atoms with Crippen LogP contribution in [-0.2, 0) is 4.79 Å². The predicted octanol–water partition coefficient (Wildman–Crippen LogP) is 2.70. The average molecular weight is 401 g/mol.